The fraction of sp³-hybridized carbons (Fsp3) is 0.130. The Bertz CT molecular complexity index is 1360. The number of aromatic amines is 1. The van der Waals surface area contributed by atoms with Gasteiger partial charge in [-0.15, -0.1) is 0 Å². The van der Waals surface area contributed by atoms with Gasteiger partial charge in [0, 0.05) is 24.0 Å². The highest BCUT2D eigenvalue weighted by atomic mass is 32.2. The Kier molecular flexibility index (Phi) is 6.09. The minimum atomic E-state index is -0.255. The lowest BCUT2D eigenvalue weighted by Gasteiger charge is -2.12. The molecule has 3 N–H and O–H groups in total. The average molecular weight is 448 g/mol. The van der Waals surface area contributed by atoms with E-state index in [4.69, 9.17) is 0 Å². The van der Waals surface area contributed by atoms with Crippen LogP contribution >= 0.6 is 11.8 Å². The Morgan fingerprint density at radius 1 is 1.03 bits per heavy atom. The zero-order valence-electron chi connectivity index (χ0n) is 17.5. The summed E-state index contributed by atoms with van der Waals surface area (Å²) in [5, 5.41) is 5.91. The number of aromatic nitrogens is 3. The molecule has 0 aliphatic rings. The van der Waals surface area contributed by atoms with Crippen molar-refractivity contribution in [2.45, 2.75) is 19.0 Å². The number of hydrogen-bond acceptors (Lipinski definition) is 5. The third kappa shape index (κ3) is 4.73. The van der Waals surface area contributed by atoms with Gasteiger partial charge in [0.1, 0.15) is 5.52 Å². The topological polar surface area (TPSA) is 109 Å². The maximum absolute atomic E-state index is 13.2. The third-order valence-corrected chi connectivity index (χ3v) is 5.51. The number of carbonyl (C=O) groups is 2. The zero-order chi connectivity index (χ0) is 22.7. The van der Waals surface area contributed by atoms with Gasteiger partial charge in [-0.2, -0.15) is 0 Å². The summed E-state index contributed by atoms with van der Waals surface area (Å²) in [6.07, 6.45) is 0. The number of para-hydroxylation sites is 1. The first-order chi connectivity index (χ1) is 15.4. The molecular weight excluding hydrogens is 426 g/mol. The Morgan fingerprint density at radius 3 is 2.47 bits per heavy atom. The number of thioether (sulfide) groups is 1. The van der Waals surface area contributed by atoms with Gasteiger partial charge >= 0.3 is 0 Å². The standard InChI is InChI=1S/C23H21N5O3S/c1-14-11-19-21(24-14)22(31)28(18-9-4-3-5-10-18)23(27-19)32-13-20(30)26-17-8-6-7-16(12-17)25-15(2)29/h3-12,24H,13H2,1-2H3,(H,25,29)(H,26,30). The summed E-state index contributed by atoms with van der Waals surface area (Å²) in [6, 6.07) is 17.9. The van der Waals surface area contributed by atoms with Crippen molar-refractivity contribution in [3.8, 4) is 5.69 Å². The summed E-state index contributed by atoms with van der Waals surface area (Å²) in [5.41, 5.74) is 3.43. The van der Waals surface area contributed by atoms with Gasteiger partial charge < -0.3 is 15.6 Å². The molecule has 0 spiro atoms. The zero-order valence-corrected chi connectivity index (χ0v) is 18.3. The molecule has 0 aliphatic carbocycles. The number of anilines is 2. The third-order valence-electron chi connectivity index (χ3n) is 4.57. The molecule has 0 unspecified atom stereocenters. The maximum atomic E-state index is 13.2. The van der Waals surface area contributed by atoms with Gasteiger partial charge in [0.25, 0.3) is 5.56 Å². The van der Waals surface area contributed by atoms with Crippen LogP contribution in [0, 0.1) is 6.92 Å². The van der Waals surface area contributed by atoms with Crippen LogP contribution in [0.3, 0.4) is 0 Å². The fourth-order valence-corrected chi connectivity index (χ4v) is 4.10. The van der Waals surface area contributed by atoms with E-state index in [1.54, 1.807) is 24.3 Å². The SMILES string of the molecule is CC(=O)Nc1cccc(NC(=O)CSc2nc3cc(C)[nH]c3c(=O)n2-c2ccccc2)c1. The summed E-state index contributed by atoms with van der Waals surface area (Å²) in [4.78, 5) is 44.7. The quantitative estimate of drug-likeness (QED) is 0.308. The predicted molar refractivity (Wildman–Crippen MR) is 127 cm³/mol. The van der Waals surface area contributed by atoms with E-state index in [-0.39, 0.29) is 23.1 Å². The lowest BCUT2D eigenvalue weighted by Crippen LogP contribution is -2.23. The number of aryl methyl sites for hydroxylation is 1. The van der Waals surface area contributed by atoms with Gasteiger partial charge in [-0.25, -0.2) is 4.98 Å². The van der Waals surface area contributed by atoms with E-state index in [0.717, 1.165) is 5.69 Å². The molecule has 2 aromatic heterocycles. The first-order valence-corrected chi connectivity index (χ1v) is 10.9. The number of amides is 2. The smallest absolute Gasteiger partial charge is 0.283 e. The summed E-state index contributed by atoms with van der Waals surface area (Å²) in [6.45, 7) is 3.29. The van der Waals surface area contributed by atoms with Crippen molar-refractivity contribution in [2.24, 2.45) is 0 Å². The molecule has 32 heavy (non-hydrogen) atoms. The molecule has 9 heteroatoms. The van der Waals surface area contributed by atoms with E-state index in [1.165, 1.54) is 23.3 Å². The van der Waals surface area contributed by atoms with Gasteiger partial charge in [0.2, 0.25) is 11.8 Å². The molecule has 2 heterocycles. The normalized spacial score (nSPS) is 10.8. The molecule has 2 aromatic carbocycles. The van der Waals surface area contributed by atoms with E-state index < -0.39 is 0 Å². The fourth-order valence-electron chi connectivity index (χ4n) is 3.28. The number of carbonyl (C=O) groups excluding carboxylic acids is 2. The monoisotopic (exact) mass is 447 g/mol. The molecule has 4 aromatic rings. The minimum Gasteiger partial charge on any atom is -0.353 e. The molecule has 0 aliphatic heterocycles. The van der Waals surface area contributed by atoms with E-state index >= 15 is 0 Å². The maximum Gasteiger partial charge on any atom is 0.283 e. The molecule has 0 fully saturated rings. The van der Waals surface area contributed by atoms with Gasteiger partial charge in [-0.1, -0.05) is 36.0 Å². The number of hydrogen-bond donors (Lipinski definition) is 3. The van der Waals surface area contributed by atoms with Crippen LogP contribution in [0.15, 0.2) is 70.6 Å². The Morgan fingerprint density at radius 2 is 1.75 bits per heavy atom. The largest absolute Gasteiger partial charge is 0.353 e. The average Bonchev–Trinajstić information content (AvgIpc) is 3.13. The Hall–Kier alpha value is -3.85. The van der Waals surface area contributed by atoms with Crippen molar-refractivity contribution in [3.63, 3.8) is 0 Å². The van der Waals surface area contributed by atoms with E-state index in [1.807, 2.05) is 43.3 Å². The Labute approximate surface area is 188 Å². The summed E-state index contributed by atoms with van der Waals surface area (Å²) in [5.74, 6) is -0.392. The number of fused-ring (bicyclic) bond motifs is 1. The second-order valence-electron chi connectivity index (χ2n) is 7.18. The number of nitrogens with zero attached hydrogens (tertiary/aromatic N) is 2. The molecule has 0 saturated heterocycles. The molecule has 4 rings (SSSR count). The molecule has 8 nitrogen and oxygen atoms in total. The number of benzene rings is 2. The van der Waals surface area contributed by atoms with Crippen molar-refractivity contribution >= 4 is 46.0 Å². The first-order valence-electron chi connectivity index (χ1n) is 9.89. The van der Waals surface area contributed by atoms with E-state index in [9.17, 15) is 14.4 Å². The molecule has 0 bridgehead atoms. The highest BCUT2D eigenvalue weighted by molar-refractivity contribution is 7.99. The van der Waals surface area contributed by atoms with Crippen LogP contribution in [0.4, 0.5) is 11.4 Å². The molecule has 2 amide bonds. The van der Waals surface area contributed by atoms with Crippen molar-refractivity contribution in [3.05, 3.63) is 76.7 Å². The van der Waals surface area contributed by atoms with Gasteiger partial charge in [-0.3, -0.25) is 19.0 Å². The summed E-state index contributed by atoms with van der Waals surface area (Å²) >= 11 is 1.18. The number of rotatable bonds is 6. The predicted octanol–water partition coefficient (Wildman–Crippen LogP) is 3.71. The van der Waals surface area contributed by atoms with Crippen molar-refractivity contribution < 1.29 is 9.59 Å². The van der Waals surface area contributed by atoms with Crippen molar-refractivity contribution in [1.82, 2.24) is 14.5 Å². The highest BCUT2D eigenvalue weighted by Gasteiger charge is 2.16. The van der Waals surface area contributed by atoms with Crippen LogP contribution in [0.1, 0.15) is 12.6 Å². The van der Waals surface area contributed by atoms with Crippen LogP contribution in [-0.4, -0.2) is 32.1 Å². The lowest BCUT2D eigenvalue weighted by atomic mass is 10.2. The van der Waals surface area contributed by atoms with Crippen LogP contribution in [0.25, 0.3) is 16.7 Å². The molecular formula is C23H21N5O3S. The minimum absolute atomic E-state index is 0.0541. The van der Waals surface area contributed by atoms with Crippen LogP contribution in [0.5, 0.6) is 0 Å². The van der Waals surface area contributed by atoms with Crippen LogP contribution < -0.4 is 16.2 Å². The van der Waals surface area contributed by atoms with Crippen molar-refractivity contribution in [2.75, 3.05) is 16.4 Å². The van der Waals surface area contributed by atoms with Crippen molar-refractivity contribution in [1.29, 1.82) is 0 Å². The molecule has 0 atom stereocenters. The molecule has 0 saturated carbocycles. The molecule has 0 radical (unpaired) electrons. The molecule has 162 valence electrons. The first kappa shape index (κ1) is 21.4. The van der Waals surface area contributed by atoms with Crippen LogP contribution in [0.2, 0.25) is 0 Å². The van der Waals surface area contributed by atoms with Gasteiger partial charge in [-0.05, 0) is 43.3 Å². The number of nitrogens with one attached hydrogen (secondary N) is 3. The van der Waals surface area contributed by atoms with Crippen LogP contribution in [-0.2, 0) is 9.59 Å². The summed E-state index contributed by atoms with van der Waals surface area (Å²) in [7, 11) is 0. The van der Waals surface area contributed by atoms with E-state index in [0.29, 0.717) is 33.3 Å². The lowest BCUT2D eigenvalue weighted by molar-refractivity contribution is -0.114. The summed E-state index contributed by atoms with van der Waals surface area (Å²) < 4.78 is 1.51. The van der Waals surface area contributed by atoms with Gasteiger partial charge in [0.05, 0.1) is 17.0 Å². The number of H-pyrrole nitrogens is 1. The second kappa shape index (κ2) is 9.11. The Balaban J connectivity index is 1.58. The van der Waals surface area contributed by atoms with E-state index in [2.05, 4.69) is 20.6 Å². The van der Waals surface area contributed by atoms with Gasteiger partial charge in [0.15, 0.2) is 5.16 Å². The highest BCUT2D eigenvalue weighted by Crippen LogP contribution is 2.22. The second-order valence-corrected chi connectivity index (χ2v) is 8.12.